The van der Waals surface area contributed by atoms with Crippen LogP contribution in [0.5, 0.6) is 5.75 Å². The summed E-state index contributed by atoms with van der Waals surface area (Å²) in [5.41, 5.74) is 1.08. The molecule has 0 aromatic heterocycles. The third-order valence-electron chi connectivity index (χ3n) is 4.27. The lowest BCUT2D eigenvalue weighted by atomic mass is 9.96. The van der Waals surface area contributed by atoms with Gasteiger partial charge in [-0.1, -0.05) is 29.8 Å². The second-order valence-electron chi connectivity index (χ2n) is 6.32. The average Bonchev–Trinajstić information content (AvgIpc) is 3.12. The Morgan fingerprint density at radius 2 is 1.90 bits per heavy atom. The molecule has 2 aromatic carbocycles. The first-order valence-electron chi connectivity index (χ1n) is 8.56. The molecule has 2 atom stereocenters. The molecular weight excluding hydrogens is 425 g/mol. The fourth-order valence-electron chi connectivity index (χ4n) is 2.89. The van der Waals surface area contributed by atoms with Crippen molar-refractivity contribution in [3.63, 3.8) is 0 Å². The summed E-state index contributed by atoms with van der Waals surface area (Å²) in [7, 11) is 0. The number of carbonyl (C=O) groups excluding carboxylic acids is 2. The number of urea groups is 1. The molecule has 0 spiro atoms. The Hall–Kier alpha value is -3.45. The molecule has 7 nitrogen and oxygen atoms in total. The maximum atomic E-state index is 12.6. The Morgan fingerprint density at radius 3 is 2.47 bits per heavy atom. The topological polar surface area (TPSA) is 103 Å². The van der Waals surface area contributed by atoms with Crippen LogP contribution in [0.3, 0.4) is 0 Å². The number of hydrogen-bond donors (Lipinski definition) is 3. The molecule has 0 saturated carbocycles. The Kier molecular flexibility index (Phi) is 6.03. The summed E-state index contributed by atoms with van der Waals surface area (Å²) in [6.45, 7) is 0.0831. The van der Waals surface area contributed by atoms with E-state index in [-0.39, 0.29) is 17.1 Å². The van der Waals surface area contributed by atoms with Crippen LogP contribution in [0.4, 0.5) is 18.0 Å². The Labute approximate surface area is 173 Å². The van der Waals surface area contributed by atoms with Gasteiger partial charge in [-0.2, -0.15) is 5.26 Å². The van der Waals surface area contributed by atoms with Crippen molar-refractivity contribution in [2.45, 2.75) is 18.4 Å². The van der Waals surface area contributed by atoms with Gasteiger partial charge < -0.3 is 20.7 Å². The average molecular weight is 439 g/mol. The van der Waals surface area contributed by atoms with Crippen molar-refractivity contribution >= 4 is 23.5 Å². The molecule has 0 bridgehead atoms. The zero-order valence-corrected chi connectivity index (χ0v) is 15.8. The molecule has 2 aromatic rings. The second kappa shape index (κ2) is 8.51. The number of nitrogens with one attached hydrogen (secondary N) is 3. The van der Waals surface area contributed by atoms with E-state index in [1.165, 1.54) is 24.3 Å². The first-order chi connectivity index (χ1) is 14.2. The molecule has 3 N–H and O–H groups in total. The van der Waals surface area contributed by atoms with Crippen molar-refractivity contribution in [1.29, 1.82) is 5.26 Å². The van der Waals surface area contributed by atoms with Gasteiger partial charge in [-0.05, 0) is 35.4 Å². The largest absolute Gasteiger partial charge is 0.573 e. The molecule has 156 valence electrons. The lowest BCUT2D eigenvalue weighted by Crippen LogP contribution is -2.44. The predicted molar refractivity (Wildman–Crippen MR) is 99.6 cm³/mol. The first kappa shape index (κ1) is 21.3. The van der Waals surface area contributed by atoms with Crippen LogP contribution in [0.2, 0.25) is 5.02 Å². The van der Waals surface area contributed by atoms with E-state index in [4.69, 9.17) is 11.6 Å². The van der Waals surface area contributed by atoms with Gasteiger partial charge in [0.25, 0.3) is 0 Å². The summed E-state index contributed by atoms with van der Waals surface area (Å²) >= 11 is 5.97. The molecular formula is C19H14ClF3N4O3. The molecule has 1 saturated heterocycles. The molecule has 1 aliphatic rings. The van der Waals surface area contributed by atoms with Gasteiger partial charge in [-0.3, -0.25) is 4.79 Å². The summed E-state index contributed by atoms with van der Waals surface area (Å²) in [5, 5.41) is 17.1. The quantitative estimate of drug-likeness (QED) is 0.667. The standard InChI is InChI=1S/C19H14ClF3N4O3/c20-14-6-3-11(7-12(14)8-24)16(27-17(28)15-9-25-18(29)26-15)10-1-4-13(5-2-10)30-19(21,22)23/h1-7,15-16H,9H2,(H,27,28)(H2,25,26,29)/t15-,16-/m0/s1. The summed E-state index contributed by atoms with van der Waals surface area (Å²) in [4.78, 5) is 23.9. The van der Waals surface area contributed by atoms with Gasteiger partial charge in [0.1, 0.15) is 17.9 Å². The van der Waals surface area contributed by atoms with E-state index in [1.807, 2.05) is 6.07 Å². The first-order valence-corrected chi connectivity index (χ1v) is 8.94. The highest BCUT2D eigenvalue weighted by Crippen LogP contribution is 2.29. The van der Waals surface area contributed by atoms with Crippen LogP contribution in [-0.4, -0.2) is 30.9 Å². The number of alkyl halides is 3. The minimum atomic E-state index is -4.83. The molecule has 0 radical (unpaired) electrons. The van der Waals surface area contributed by atoms with Gasteiger partial charge in [-0.15, -0.1) is 13.2 Å². The van der Waals surface area contributed by atoms with Gasteiger partial charge in [0.05, 0.1) is 16.6 Å². The molecule has 1 fully saturated rings. The number of benzene rings is 2. The molecule has 0 aliphatic carbocycles. The zero-order valence-electron chi connectivity index (χ0n) is 15.1. The number of hydrogen-bond acceptors (Lipinski definition) is 4. The lowest BCUT2D eigenvalue weighted by Gasteiger charge is -2.22. The molecule has 1 heterocycles. The third kappa shape index (κ3) is 5.12. The molecule has 3 rings (SSSR count). The maximum Gasteiger partial charge on any atom is 0.573 e. The minimum Gasteiger partial charge on any atom is -0.406 e. The van der Waals surface area contributed by atoms with Crippen molar-refractivity contribution in [2.75, 3.05) is 6.54 Å². The van der Waals surface area contributed by atoms with E-state index in [0.29, 0.717) is 11.1 Å². The number of rotatable bonds is 5. The van der Waals surface area contributed by atoms with E-state index in [0.717, 1.165) is 12.1 Å². The van der Waals surface area contributed by atoms with Crippen molar-refractivity contribution in [3.05, 3.63) is 64.2 Å². The number of nitrogens with zero attached hydrogens (tertiary/aromatic N) is 1. The number of nitriles is 1. The zero-order chi connectivity index (χ0) is 21.9. The molecule has 11 heteroatoms. The molecule has 1 aliphatic heterocycles. The fourth-order valence-corrected chi connectivity index (χ4v) is 3.05. The number of carbonyl (C=O) groups is 2. The van der Waals surface area contributed by atoms with Crippen LogP contribution in [-0.2, 0) is 4.79 Å². The lowest BCUT2D eigenvalue weighted by molar-refractivity contribution is -0.274. The minimum absolute atomic E-state index is 0.0831. The monoisotopic (exact) mass is 438 g/mol. The Balaban J connectivity index is 1.92. The van der Waals surface area contributed by atoms with Gasteiger partial charge in [0, 0.05) is 6.54 Å². The third-order valence-corrected chi connectivity index (χ3v) is 4.60. The highest BCUT2D eigenvalue weighted by molar-refractivity contribution is 6.31. The number of amides is 3. The second-order valence-corrected chi connectivity index (χ2v) is 6.72. The van der Waals surface area contributed by atoms with E-state index in [2.05, 4.69) is 20.7 Å². The van der Waals surface area contributed by atoms with Crippen LogP contribution < -0.4 is 20.7 Å². The summed E-state index contributed by atoms with van der Waals surface area (Å²) in [5.74, 6) is -0.931. The molecule has 3 amide bonds. The number of ether oxygens (including phenoxy) is 1. The van der Waals surface area contributed by atoms with E-state index < -0.39 is 36.1 Å². The van der Waals surface area contributed by atoms with E-state index in [1.54, 1.807) is 6.07 Å². The molecule has 30 heavy (non-hydrogen) atoms. The van der Waals surface area contributed by atoms with Crippen molar-refractivity contribution < 1.29 is 27.5 Å². The van der Waals surface area contributed by atoms with Gasteiger partial charge in [-0.25, -0.2) is 4.79 Å². The summed E-state index contributed by atoms with van der Waals surface area (Å²) < 4.78 is 41.1. The van der Waals surface area contributed by atoms with Gasteiger partial charge >= 0.3 is 12.4 Å². The van der Waals surface area contributed by atoms with Gasteiger partial charge in [0.15, 0.2) is 0 Å². The summed E-state index contributed by atoms with van der Waals surface area (Å²) in [6, 6.07) is 9.28. The predicted octanol–water partition coefficient (Wildman–Crippen LogP) is 3.00. The van der Waals surface area contributed by atoms with Crippen molar-refractivity contribution in [2.24, 2.45) is 0 Å². The maximum absolute atomic E-state index is 12.6. The number of halogens is 4. The van der Waals surface area contributed by atoms with Crippen LogP contribution in [0.25, 0.3) is 0 Å². The van der Waals surface area contributed by atoms with Crippen LogP contribution in [0.1, 0.15) is 22.7 Å². The highest BCUT2D eigenvalue weighted by Gasteiger charge is 2.32. The van der Waals surface area contributed by atoms with E-state index >= 15 is 0 Å². The summed E-state index contributed by atoms with van der Waals surface area (Å²) in [6.07, 6.45) is -4.83. The van der Waals surface area contributed by atoms with Crippen LogP contribution >= 0.6 is 11.6 Å². The van der Waals surface area contributed by atoms with Crippen molar-refractivity contribution in [3.8, 4) is 11.8 Å². The Bertz CT molecular complexity index is 1010. The Morgan fingerprint density at radius 1 is 1.23 bits per heavy atom. The van der Waals surface area contributed by atoms with E-state index in [9.17, 15) is 28.0 Å². The van der Waals surface area contributed by atoms with Crippen LogP contribution in [0.15, 0.2) is 42.5 Å². The smallest absolute Gasteiger partial charge is 0.406 e. The van der Waals surface area contributed by atoms with Gasteiger partial charge in [0.2, 0.25) is 5.91 Å². The SMILES string of the molecule is N#Cc1cc([C@@H](NC(=O)[C@@H]2CNC(=O)N2)c2ccc(OC(F)(F)F)cc2)ccc1Cl. The fraction of sp³-hybridized carbons (Fsp3) is 0.211. The highest BCUT2D eigenvalue weighted by atomic mass is 35.5. The normalized spacial score (nSPS) is 16.8. The van der Waals surface area contributed by atoms with Crippen molar-refractivity contribution in [1.82, 2.24) is 16.0 Å². The molecule has 0 unspecified atom stereocenters. The van der Waals surface area contributed by atoms with Crippen LogP contribution in [0, 0.1) is 11.3 Å².